The summed E-state index contributed by atoms with van der Waals surface area (Å²) in [7, 11) is 0. The normalized spacial score (nSPS) is 23.5. The molecule has 0 bridgehead atoms. The number of hydrogen-bond acceptors (Lipinski definition) is 4. The average Bonchev–Trinajstić information content (AvgIpc) is 2.46. The van der Waals surface area contributed by atoms with Crippen LogP contribution in [-0.4, -0.2) is 40.5 Å². The molecule has 0 saturated carbocycles. The van der Waals surface area contributed by atoms with E-state index >= 15 is 0 Å². The first-order chi connectivity index (χ1) is 8.59. The second-order valence-electron chi connectivity index (χ2n) is 5.91. The van der Waals surface area contributed by atoms with Crippen LogP contribution in [0.25, 0.3) is 0 Å². The van der Waals surface area contributed by atoms with Crippen molar-refractivity contribution in [3.05, 3.63) is 0 Å². The number of urea groups is 1. The molecular weight excluding hydrogens is 248 g/mol. The molecule has 0 spiro atoms. The predicted molar refractivity (Wildman–Crippen MR) is 69.4 cm³/mol. The number of nitrogens with one attached hydrogen (secondary N) is 1. The molecule has 0 radical (unpaired) electrons. The van der Waals surface area contributed by atoms with E-state index in [1.807, 2.05) is 6.92 Å². The Morgan fingerprint density at radius 3 is 2.37 bits per heavy atom. The Labute approximate surface area is 113 Å². The highest BCUT2D eigenvalue weighted by molar-refractivity contribution is 6.06. The maximum atomic E-state index is 12.1. The minimum absolute atomic E-state index is 0.0101. The monoisotopic (exact) mass is 270 g/mol. The first kappa shape index (κ1) is 15.5. The Bertz CT molecular complexity index is 400. The van der Waals surface area contributed by atoms with Gasteiger partial charge in [0.15, 0.2) is 0 Å². The standard InChI is InChI=1S/C13H22N2O4/c1-6-13(5)10(17)15(11(18)14-13)8-7-9(16)19-12(2,3)4/h6-8H2,1-5H3,(H,14,18). The van der Waals surface area contributed by atoms with E-state index in [4.69, 9.17) is 4.74 Å². The lowest BCUT2D eigenvalue weighted by Gasteiger charge is -2.21. The highest BCUT2D eigenvalue weighted by Gasteiger charge is 2.46. The highest BCUT2D eigenvalue weighted by atomic mass is 16.6. The average molecular weight is 270 g/mol. The van der Waals surface area contributed by atoms with Gasteiger partial charge in [-0.25, -0.2) is 4.79 Å². The van der Waals surface area contributed by atoms with Gasteiger partial charge >= 0.3 is 12.0 Å². The number of hydrogen-bond donors (Lipinski definition) is 1. The molecule has 1 aliphatic heterocycles. The molecule has 1 saturated heterocycles. The van der Waals surface area contributed by atoms with Gasteiger partial charge in [0.05, 0.1) is 6.42 Å². The Morgan fingerprint density at radius 2 is 1.95 bits per heavy atom. The summed E-state index contributed by atoms with van der Waals surface area (Å²) in [6.07, 6.45) is 0.525. The molecule has 108 valence electrons. The van der Waals surface area contributed by atoms with E-state index in [-0.39, 0.29) is 18.9 Å². The van der Waals surface area contributed by atoms with Crippen LogP contribution in [0.3, 0.4) is 0 Å². The van der Waals surface area contributed by atoms with Crippen LogP contribution in [0.2, 0.25) is 0 Å². The van der Waals surface area contributed by atoms with Crippen molar-refractivity contribution < 1.29 is 19.1 Å². The van der Waals surface area contributed by atoms with Crippen LogP contribution in [0.4, 0.5) is 4.79 Å². The zero-order valence-corrected chi connectivity index (χ0v) is 12.2. The van der Waals surface area contributed by atoms with Crippen LogP contribution in [0.5, 0.6) is 0 Å². The largest absolute Gasteiger partial charge is 0.460 e. The lowest BCUT2D eigenvalue weighted by Crippen LogP contribution is -2.43. The second kappa shape index (κ2) is 5.19. The molecule has 6 nitrogen and oxygen atoms in total. The minimum Gasteiger partial charge on any atom is -0.460 e. The zero-order chi connectivity index (χ0) is 14.8. The van der Waals surface area contributed by atoms with Crippen LogP contribution < -0.4 is 5.32 Å². The van der Waals surface area contributed by atoms with E-state index < -0.39 is 23.1 Å². The smallest absolute Gasteiger partial charge is 0.325 e. The van der Waals surface area contributed by atoms with E-state index in [0.717, 1.165) is 4.90 Å². The minimum atomic E-state index is -0.856. The molecule has 6 heteroatoms. The fourth-order valence-electron chi connectivity index (χ4n) is 1.79. The fraction of sp³-hybridized carbons (Fsp3) is 0.769. The summed E-state index contributed by atoms with van der Waals surface area (Å²) in [5.74, 6) is -0.707. The number of esters is 1. The number of amides is 3. The molecule has 1 atom stereocenters. The summed E-state index contributed by atoms with van der Waals surface area (Å²) < 4.78 is 5.14. The maximum Gasteiger partial charge on any atom is 0.325 e. The van der Waals surface area contributed by atoms with Gasteiger partial charge in [0.25, 0.3) is 5.91 Å². The molecule has 0 aromatic heterocycles. The fourth-order valence-corrected chi connectivity index (χ4v) is 1.79. The SMILES string of the molecule is CCC1(C)NC(=O)N(CCC(=O)OC(C)(C)C)C1=O. The van der Waals surface area contributed by atoms with Gasteiger partial charge in [0.2, 0.25) is 0 Å². The number of nitrogens with zero attached hydrogens (tertiary/aromatic N) is 1. The molecule has 1 rings (SSSR count). The molecule has 1 N–H and O–H groups in total. The van der Waals surface area contributed by atoms with Crippen LogP contribution in [0.1, 0.15) is 47.5 Å². The Balaban J connectivity index is 2.57. The number of rotatable bonds is 4. The van der Waals surface area contributed by atoms with E-state index in [2.05, 4.69) is 5.32 Å². The summed E-state index contributed by atoms with van der Waals surface area (Å²) in [4.78, 5) is 36.4. The Kier molecular flexibility index (Phi) is 4.22. The molecule has 3 amide bonds. The van der Waals surface area contributed by atoms with Gasteiger partial charge in [0, 0.05) is 6.54 Å². The zero-order valence-electron chi connectivity index (χ0n) is 12.2. The summed E-state index contributed by atoms with van der Waals surface area (Å²) >= 11 is 0. The molecule has 1 heterocycles. The van der Waals surface area contributed by atoms with E-state index in [9.17, 15) is 14.4 Å². The summed E-state index contributed by atoms with van der Waals surface area (Å²) in [6.45, 7) is 8.87. The van der Waals surface area contributed by atoms with Gasteiger partial charge < -0.3 is 10.1 Å². The van der Waals surface area contributed by atoms with Gasteiger partial charge in [-0.15, -0.1) is 0 Å². The molecule has 1 fully saturated rings. The molecule has 19 heavy (non-hydrogen) atoms. The summed E-state index contributed by atoms with van der Waals surface area (Å²) in [5, 5.41) is 2.64. The van der Waals surface area contributed by atoms with Crippen molar-refractivity contribution in [1.29, 1.82) is 0 Å². The van der Waals surface area contributed by atoms with Crippen molar-refractivity contribution in [2.75, 3.05) is 6.54 Å². The number of ether oxygens (including phenoxy) is 1. The summed E-state index contributed by atoms with van der Waals surface area (Å²) in [5.41, 5.74) is -1.42. The van der Waals surface area contributed by atoms with Crippen LogP contribution in [-0.2, 0) is 14.3 Å². The number of imide groups is 1. The third-order valence-corrected chi connectivity index (χ3v) is 3.01. The van der Waals surface area contributed by atoms with Crippen molar-refractivity contribution in [2.45, 2.75) is 58.6 Å². The number of carbonyl (C=O) groups is 3. The lowest BCUT2D eigenvalue weighted by atomic mass is 9.99. The van der Waals surface area contributed by atoms with Crippen LogP contribution in [0, 0.1) is 0 Å². The van der Waals surface area contributed by atoms with Crippen molar-refractivity contribution >= 4 is 17.9 Å². The topological polar surface area (TPSA) is 75.7 Å². The van der Waals surface area contributed by atoms with Crippen LogP contribution >= 0.6 is 0 Å². The maximum absolute atomic E-state index is 12.1. The van der Waals surface area contributed by atoms with E-state index in [1.54, 1.807) is 27.7 Å². The lowest BCUT2D eigenvalue weighted by molar-refractivity contribution is -0.155. The molecule has 1 unspecified atom stereocenters. The van der Waals surface area contributed by atoms with Gasteiger partial charge in [-0.2, -0.15) is 0 Å². The molecule has 1 aliphatic rings. The van der Waals surface area contributed by atoms with Gasteiger partial charge in [-0.05, 0) is 34.1 Å². The third kappa shape index (κ3) is 3.68. The Morgan fingerprint density at radius 1 is 1.37 bits per heavy atom. The molecular formula is C13H22N2O4. The van der Waals surface area contributed by atoms with Crippen molar-refractivity contribution in [2.24, 2.45) is 0 Å². The first-order valence-electron chi connectivity index (χ1n) is 6.45. The number of carbonyl (C=O) groups excluding carboxylic acids is 3. The van der Waals surface area contributed by atoms with E-state index in [1.165, 1.54) is 0 Å². The predicted octanol–water partition coefficient (Wildman–Crippen LogP) is 1.44. The van der Waals surface area contributed by atoms with Gasteiger partial charge in [-0.1, -0.05) is 6.92 Å². The van der Waals surface area contributed by atoms with Gasteiger partial charge in [0.1, 0.15) is 11.1 Å². The molecule has 0 aromatic carbocycles. The van der Waals surface area contributed by atoms with E-state index in [0.29, 0.717) is 6.42 Å². The van der Waals surface area contributed by atoms with Crippen LogP contribution in [0.15, 0.2) is 0 Å². The summed E-state index contributed by atoms with van der Waals surface area (Å²) in [6, 6.07) is -0.446. The third-order valence-electron chi connectivity index (χ3n) is 3.01. The second-order valence-corrected chi connectivity index (χ2v) is 5.91. The van der Waals surface area contributed by atoms with Crippen molar-refractivity contribution in [3.8, 4) is 0 Å². The molecule has 0 aromatic rings. The van der Waals surface area contributed by atoms with Gasteiger partial charge in [-0.3, -0.25) is 14.5 Å². The quantitative estimate of drug-likeness (QED) is 0.619. The Hall–Kier alpha value is -1.59. The van der Waals surface area contributed by atoms with Crippen molar-refractivity contribution in [1.82, 2.24) is 10.2 Å². The molecule has 0 aliphatic carbocycles. The first-order valence-corrected chi connectivity index (χ1v) is 6.45. The highest BCUT2D eigenvalue weighted by Crippen LogP contribution is 2.21. The van der Waals surface area contributed by atoms with Crippen molar-refractivity contribution in [3.63, 3.8) is 0 Å².